The molecule has 1 saturated heterocycles. The number of thiazole rings is 1. The van der Waals surface area contributed by atoms with Crippen molar-refractivity contribution < 1.29 is 4.21 Å². The maximum atomic E-state index is 11.8. The van der Waals surface area contributed by atoms with E-state index in [1.165, 1.54) is 24.2 Å². The van der Waals surface area contributed by atoms with Crippen molar-refractivity contribution in [3.05, 3.63) is 11.6 Å². The topological polar surface area (TPSA) is 42.0 Å². The molecule has 0 spiro atoms. The van der Waals surface area contributed by atoms with Crippen molar-refractivity contribution in [3.63, 3.8) is 0 Å². The number of aromatic nitrogens is 1. The van der Waals surface area contributed by atoms with E-state index in [4.69, 9.17) is 0 Å². The molecule has 0 bridgehead atoms. The lowest BCUT2D eigenvalue weighted by molar-refractivity contribution is 0.408. The lowest BCUT2D eigenvalue weighted by Gasteiger charge is -2.21. The number of hydrogen-bond acceptors (Lipinski definition) is 4. The summed E-state index contributed by atoms with van der Waals surface area (Å²) in [6, 6.07) is 0. The van der Waals surface area contributed by atoms with E-state index in [2.05, 4.69) is 10.3 Å². The molecular weight excluding hydrogens is 216 g/mol. The van der Waals surface area contributed by atoms with Gasteiger partial charge in [0, 0.05) is 17.3 Å². The Morgan fingerprint density at radius 2 is 2.64 bits per heavy atom. The first-order chi connectivity index (χ1) is 6.86. The molecule has 1 fully saturated rings. The van der Waals surface area contributed by atoms with Gasteiger partial charge >= 0.3 is 0 Å². The van der Waals surface area contributed by atoms with Gasteiger partial charge in [0.1, 0.15) is 0 Å². The van der Waals surface area contributed by atoms with E-state index < -0.39 is 10.8 Å². The first-order valence-electron chi connectivity index (χ1n) is 4.85. The highest BCUT2D eigenvalue weighted by Crippen LogP contribution is 2.16. The van der Waals surface area contributed by atoms with Crippen LogP contribution in [0.3, 0.4) is 0 Å². The average Bonchev–Trinajstić information content (AvgIpc) is 2.72. The van der Waals surface area contributed by atoms with Crippen molar-refractivity contribution in [1.82, 2.24) is 10.3 Å². The lowest BCUT2D eigenvalue weighted by Crippen LogP contribution is -2.32. The fraction of sp³-hybridized carbons (Fsp3) is 0.667. The first kappa shape index (κ1) is 10.3. The summed E-state index contributed by atoms with van der Waals surface area (Å²) in [5.41, 5.74) is 0. The summed E-state index contributed by atoms with van der Waals surface area (Å²) < 4.78 is 12.6. The van der Waals surface area contributed by atoms with E-state index in [0.717, 1.165) is 23.2 Å². The summed E-state index contributed by atoms with van der Waals surface area (Å²) in [7, 11) is -0.882. The Balaban J connectivity index is 1.87. The smallest absolute Gasteiger partial charge is 0.180 e. The third-order valence-electron chi connectivity index (χ3n) is 2.39. The Morgan fingerprint density at radius 1 is 1.71 bits per heavy atom. The minimum atomic E-state index is -0.882. The second-order valence-corrected chi connectivity index (χ2v) is 6.09. The molecule has 2 heterocycles. The highest BCUT2D eigenvalue weighted by Gasteiger charge is 2.17. The molecular formula is C9H14N2OS2. The van der Waals surface area contributed by atoms with Crippen LogP contribution in [0.5, 0.6) is 0 Å². The number of nitrogens with zero attached hydrogens (tertiary/aromatic N) is 1. The van der Waals surface area contributed by atoms with Crippen LogP contribution in [0.4, 0.5) is 0 Å². The van der Waals surface area contributed by atoms with Crippen molar-refractivity contribution in [2.45, 2.75) is 17.2 Å². The third-order valence-corrected chi connectivity index (χ3v) is 5.07. The normalized spacial score (nSPS) is 24.7. The quantitative estimate of drug-likeness (QED) is 0.850. The zero-order valence-corrected chi connectivity index (χ0v) is 9.57. The van der Waals surface area contributed by atoms with Gasteiger partial charge in [0.25, 0.3) is 0 Å². The van der Waals surface area contributed by atoms with E-state index in [-0.39, 0.29) is 0 Å². The summed E-state index contributed by atoms with van der Waals surface area (Å²) in [6.07, 6.45) is 4.13. The van der Waals surface area contributed by atoms with Gasteiger partial charge in [-0.2, -0.15) is 0 Å². The predicted molar refractivity (Wildman–Crippen MR) is 59.0 cm³/mol. The molecule has 1 N–H and O–H groups in total. The van der Waals surface area contributed by atoms with Crippen LogP contribution in [0.1, 0.15) is 12.8 Å². The zero-order chi connectivity index (χ0) is 9.80. The average molecular weight is 230 g/mol. The number of hydrogen-bond donors (Lipinski definition) is 1. The number of piperidine rings is 1. The van der Waals surface area contributed by atoms with Crippen LogP contribution in [0.2, 0.25) is 0 Å². The SMILES string of the molecule is O=[S@@](C[C@@H]1CCCNC1)c1nccs1. The van der Waals surface area contributed by atoms with Gasteiger partial charge in [0.15, 0.2) is 4.34 Å². The van der Waals surface area contributed by atoms with Crippen LogP contribution in [0.15, 0.2) is 15.9 Å². The number of nitrogens with one attached hydrogen (secondary N) is 1. The molecule has 3 nitrogen and oxygen atoms in total. The van der Waals surface area contributed by atoms with Gasteiger partial charge in [0.05, 0.1) is 10.8 Å². The molecule has 14 heavy (non-hydrogen) atoms. The highest BCUT2D eigenvalue weighted by atomic mass is 32.2. The Labute approximate surface area is 90.4 Å². The zero-order valence-electron chi connectivity index (χ0n) is 7.94. The van der Waals surface area contributed by atoms with Crippen molar-refractivity contribution >= 4 is 22.1 Å². The molecule has 5 heteroatoms. The highest BCUT2D eigenvalue weighted by molar-refractivity contribution is 7.87. The molecule has 0 aliphatic carbocycles. The largest absolute Gasteiger partial charge is 0.316 e. The van der Waals surface area contributed by atoms with Gasteiger partial charge in [-0.3, -0.25) is 4.21 Å². The second-order valence-electron chi connectivity index (χ2n) is 3.52. The standard InChI is InChI=1S/C9H14N2OS2/c12-14(9-11-4-5-13-9)7-8-2-1-3-10-6-8/h4-5,8,10H,1-3,6-7H2/t8-,14+/m1/s1. The molecule has 2 rings (SSSR count). The van der Waals surface area contributed by atoms with Gasteiger partial charge in [-0.1, -0.05) is 0 Å². The molecule has 0 unspecified atom stereocenters. The van der Waals surface area contributed by atoms with Crippen LogP contribution in [0, 0.1) is 5.92 Å². The summed E-state index contributed by atoms with van der Waals surface area (Å²) >= 11 is 1.49. The molecule has 1 aromatic heterocycles. The van der Waals surface area contributed by atoms with Crippen LogP contribution in [-0.2, 0) is 10.8 Å². The van der Waals surface area contributed by atoms with Gasteiger partial charge in [-0.05, 0) is 31.8 Å². The van der Waals surface area contributed by atoms with E-state index in [1.807, 2.05) is 5.38 Å². The van der Waals surface area contributed by atoms with Crippen LogP contribution in [-0.4, -0.2) is 28.0 Å². The Kier molecular flexibility index (Phi) is 3.67. The molecule has 1 aromatic rings. The molecule has 0 aromatic carbocycles. The van der Waals surface area contributed by atoms with Crippen LogP contribution < -0.4 is 5.32 Å². The Bertz CT molecular complexity index is 294. The second kappa shape index (κ2) is 5.00. The summed E-state index contributed by atoms with van der Waals surface area (Å²) in [4.78, 5) is 4.08. The molecule has 0 radical (unpaired) electrons. The van der Waals surface area contributed by atoms with Gasteiger partial charge in [-0.15, -0.1) is 11.3 Å². The van der Waals surface area contributed by atoms with E-state index >= 15 is 0 Å². The van der Waals surface area contributed by atoms with Crippen LogP contribution in [0.25, 0.3) is 0 Å². The molecule has 0 saturated carbocycles. The minimum absolute atomic E-state index is 0.563. The summed E-state index contributed by atoms with van der Waals surface area (Å²) in [6.45, 7) is 2.12. The van der Waals surface area contributed by atoms with E-state index in [9.17, 15) is 4.21 Å². The van der Waals surface area contributed by atoms with Crippen molar-refractivity contribution in [2.24, 2.45) is 5.92 Å². The fourth-order valence-corrected chi connectivity index (χ4v) is 3.87. The van der Waals surface area contributed by atoms with Crippen molar-refractivity contribution in [1.29, 1.82) is 0 Å². The summed E-state index contributed by atoms with van der Waals surface area (Å²) in [5.74, 6) is 1.33. The monoisotopic (exact) mass is 230 g/mol. The predicted octanol–water partition coefficient (Wildman–Crippen LogP) is 1.25. The third kappa shape index (κ3) is 2.62. The van der Waals surface area contributed by atoms with Gasteiger partial charge in [-0.25, -0.2) is 4.98 Å². The Morgan fingerprint density at radius 3 is 3.29 bits per heavy atom. The Hall–Kier alpha value is -0.260. The maximum Gasteiger partial charge on any atom is 0.180 e. The molecule has 1 aliphatic heterocycles. The maximum absolute atomic E-state index is 11.8. The molecule has 2 atom stereocenters. The first-order valence-corrected chi connectivity index (χ1v) is 7.04. The van der Waals surface area contributed by atoms with Crippen molar-refractivity contribution in [3.8, 4) is 0 Å². The lowest BCUT2D eigenvalue weighted by atomic mass is 10.0. The molecule has 0 amide bonds. The summed E-state index contributed by atoms with van der Waals surface area (Å²) in [5, 5.41) is 5.22. The van der Waals surface area contributed by atoms with Crippen LogP contribution >= 0.6 is 11.3 Å². The van der Waals surface area contributed by atoms with Crippen molar-refractivity contribution in [2.75, 3.05) is 18.8 Å². The molecule has 78 valence electrons. The van der Waals surface area contributed by atoms with E-state index in [1.54, 1.807) is 6.20 Å². The van der Waals surface area contributed by atoms with E-state index in [0.29, 0.717) is 5.92 Å². The molecule has 1 aliphatic rings. The number of rotatable bonds is 3. The van der Waals surface area contributed by atoms with Gasteiger partial charge in [0.2, 0.25) is 0 Å². The minimum Gasteiger partial charge on any atom is -0.316 e. The van der Waals surface area contributed by atoms with Gasteiger partial charge < -0.3 is 5.32 Å². The fourth-order valence-electron chi connectivity index (χ4n) is 1.67.